The minimum absolute atomic E-state index is 0.00598. The van der Waals surface area contributed by atoms with Crippen molar-refractivity contribution in [2.24, 2.45) is 0 Å². The van der Waals surface area contributed by atoms with Crippen LogP contribution in [0.5, 0.6) is 5.75 Å². The van der Waals surface area contributed by atoms with E-state index in [1.807, 2.05) is 109 Å². The molecule has 0 amide bonds. The Labute approximate surface area is 222 Å². The number of aliphatic hydroxyl groups is 2. The van der Waals surface area contributed by atoms with Gasteiger partial charge in [-0.15, -0.1) is 12.6 Å². The number of hydrogen-bond donors (Lipinski definition) is 3. The van der Waals surface area contributed by atoms with E-state index in [0.29, 0.717) is 5.75 Å². The van der Waals surface area contributed by atoms with Crippen LogP contribution in [-0.2, 0) is 15.1 Å². The van der Waals surface area contributed by atoms with E-state index in [1.54, 1.807) is 12.1 Å². The van der Waals surface area contributed by atoms with Crippen LogP contribution >= 0.6 is 12.6 Å². The van der Waals surface area contributed by atoms with Gasteiger partial charge in [0.25, 0.3) is 0 Å². The van der Waals surface area contributed by atoms with Crippen LogP contribution in [0.2, 0.25) is 0 Å². The van der Waals surface area contributed by atoms with Crippen molar-refractivity contribution < 1.29 is 24.4 Å². The van der Waals surface area contributed by atoms with Crippen molar-refractivity contribution in [3.8, 4) is 5.75 Å². The van der Waals surface area contributed by atoms with Crippen LogP contribution in [0.3, 0.4) is 0 Å². The SMILES string of the molecule is O[C@H]1[C@H](O)[C@@H](COC(c2ccccc2)(c2ccccc2)c2ccccc2)O[C@@H](S)[C@@H]1Oc1ccccc1. The average Bonchev–Trinajstić information content (AvgIpc) is 2.96. The first-order valence-corrected chi connectivity index (χ1v) is 12.8. The summed E-state index contributed by atoms with van der Waals surface area (Å²) >= 11 is 4.55. The molecule has 0 radical (unpaired) electrons. The number of aliphatic hydroxyl groups excluding tert-OH is 2. The molecule has 2 N–H and O–H groups in total. The van der Waals surface area contributed by atoms with Crippen LogP contribution < -0.4 is 4.74 Å². The lowest BCUT2D eigenvalue weighted by atomic mass is 9.80. The largest absolute Gasteiger partial charge is 0.484 e. The van der Waals surface area contributed by atoms with Crippen molar-refractivity contribution in [3.05, 3.63) is 138 Å². The van der Waals surface area contributed by atoms with Gasteiger partial charge < -0.3 is 24.4 Å². The van der Waals surface area contributed by atoms with E-state index in [2.05, 4.69) is 12.6 Å². The summed E-state index contributed by atoms with van der Waals surface area (Å²) in [5, 5.41) is 22.0. The number of thiol groups is 1. The molecule has 0 unspecified atom stereocenters. The highest BCUT2D eigenvalue weighted by atomic mass is 32.1. The Morgan fingerprint density at radius 3 is 1.54 bits per heavy atom. The van der Waals surface area contributed by atoms with Crippen LogP contribution in [0.25, 0.3) is 0 Å². The van der Waals surface area contributed by atoms with E-state index >= 15 is 0 Å². The molecular weight excluding hydrogens is 484 g/mol. The summed E-state index contributed by atoms with van der Waals surface area (Å²) in [5.41, 5.74) is 1.07. The normalized spacial score (nSPS) is 23.9. The van der Waals surface area contributed by atoms with Gasteiger partial charge in [0.2, 0.25) is 0 Å². The topological polar surface area (TPSA) is 68.2 Å². The first kappa shape index (κ1) is 25.5. The van der Waals surface area contributed by atoms with E-state index in [0.717, 1.165) is 16.7 Å². The molecule has 1 aliphatic heterocycles. The molecule has 190 valence electrons. The predicted octanol–water partition coefficient (Wildman–Crippen LogP) is 4.82. The fraction of sp³-hybridized carbons (Fsp3) is 0.226. The summed E-state index contributed by atoms with van der Waals surface area (Å²) in [7, 11) is 0. The van der Waals surface area contributed by atoms with Gasteiger partial charge >= 0.3 is 0 Å². The zero-order valence-corrected chi connectivity index (χ0v) is 21.1. The molecule has 5 atom stereocenters. The lowest BCUT2D eigenvalue weighted by Gasteiger charge is -2.43. The highest BCUT2D eigenvalue weighted by Crippen LogP contribution is 2.41. The van der Waals surface area contributed by atoms with Crippen LogP contribution in [-0.4, -0.2) is 46.7 Å². The zero-order valence-electron chi connectivity index (χ0n) is 20.2. The van der Waals surface area contributed by atoms with Gasteiger partial charge in [0.05, 0.1) is 6.61 Å². The van der Waals surface area contributed by atoms with Crippen LogP contribution in [0, 0.1) is 0 Å². The second kappa shape index (κ2) is 11.5. The molecule has 1 aliphatic rings. The number of para-hydroxylation sites is 1. The fourth-order valence-corrected chi connectivity index (χ4v) is 5.21. The molecule has 1 heterocycles. The van der Waals surface area contributed by atoms with Gasteiger partial charge in [0.1, 0.15) is 35.1 Å². The van der Waals surface area contributed by atoms with Crippen LogP contribution in [0.4, 0.5) is 0 Å². The third kappa shape index (κ3) is 5.30. The molecule has 0 aliphatic carbocycles. The Morgan fingerprint density at radius 2 is 1.08 bits per heavy atom. The number of benzene rings is 4. The third-order valence-corrected chi connectivity index (χ3v) is 7.10. The highest BCUT2D eigenvalue weighted by Gasteiger charge is 2.46. The van der Waals surface area contributed by atoms with E-state index in [-0.39, 0.29) is 6.61 Å². The lowest BCUT2D eigenvalue weighted by Crippen LogP contribution is -2.59. The minimum atomic E-state index is -1.24. The summed E-state index contributed by atoms with van der Waals surface area (Å²) in [5.74, 6) is 0.562. The maximum atomic E-state index is 11.0. The summed E-state index contributed by atoms with van der Waals surface area (Å²) in [6.45, 7) is 0.00598. The Balaban J connectivity index is 1.45. The van der Waals surface area contributed by atoms with E-state index in [9.17, 15) is 10.2 Å². The van der Waals surface area contributed by atoms with Gasteiger partial charge in [0, 0.05) is 0 Å². The molecule has 1 saturated heterocycles. The maximum absolute atomic E-state index is 11.0. The smallest absolute Gasteiger partial charge is 0.162 e. The Kier molecular flexibility index (Phi) is 7.93. The summed E-state index contributed by atoms with van der Waals surface area (Å²) < 4.78 is 18.7. The lowest BCUT2D eigenvalue weighted by molar-refractivity contribution is -0.210. The van der Waals surface area contributed by atoms with Crippen LogP contribution in [0.1, 0.15) is 16.7 Å². The van der Waals surface area contributed by atoms with Crippen molar-refractivity contribution in [2.45, 2.75) is 35.5 Å². The molecule has 4 aromatic carbocycles. The van der Waals surface area contributed by atoms with Gasteiger partial charge in [-0.3, -0.25) is 0 Å². The molecule has 1 fully saturated rings. The molecule has 0 aromatic heterocycles. The van der Waals surface area contributed by atoms with Gasteiger partial charge in [-0.1, -0.05) is 109 Å². The monoisotopic (exact) mass is 514 g/mol. The fourth-order valence-electron chi connectivity index (χ4n) is 4.82. The third-order valence-electron chi connectivity index (χ3n) is 6.68. The molecule has 0 bridgehead atoms. The molecule has 0 saturated carbocycles. The van der Waals surface area contributed by atoms with Crippen molar-refractivity contribution in [1.29, 1.82) is 0 Å². The van der Waals surface area contributed by atoms with Gasteiger partial charge in [-0.2, -0.15) is 0 Å². The Hall–Kier alpha value is -3.13. The van der Waals surface area contributed by atoms with Crippen molar-refractivity contribution in [1.82, 2.24) is 0 Å². The van der Waals surface area contributed by atoms with Gasteiger partial charge in [-0.25, -0.2) is 0 Å². The van der Waals surface area contributed by atoms with Crippen LogP contribution in [0.15, 0.2) is 121 Å². The molecule has 6 heteroatoms. The molecule has 0 spiro atoms. The molecule has 4 aromatic rings. The van der Waals surface area contributed by atoms with E-state index < -0.39 is 35.5 Å². The number of hydrogen-bond acceptors (Lipinski definition) is 6. The molecular formula is C31H30O5S. The number of ether oxygens (including phenoxy) is 3. The zero-order chi connectivity index (χ0) is 25.7. The van der Waals surface area contributed by atoms with E-state index in [1.165, 1.54) is 0 Å². The summed E-state index contributed by atoms with van der Waals surface area (Å²) in [6, 6.07) is 39.0. The second-order valence-corrected chi connectivity index (χ2v) is 9.54. The highest BCUT2D eigenvalue weighted by molar-refractivity contribution is 7.80. The first-order chi connectivity index (χ1) is 18.1. The molecule has 37 heavy (non-hydrogen) atoms. The first-order valence-electron chi connectivity index (χ1n) is 12.3. The minimum Gasteiger partial charge on any atom is -0.484 e. The standard InChI is InChI=1S/C31H30O5S/c32-27-26(36-30(37)29(28(27)33)35-25-19-11-4-12-20-25)21-34-31(22-13-5-1-6-14-22,23-15-7-2-8-16-23)24-17-9-3-10-18-24/h1-20,26-30,32-33,37H,21H2/t26-,27-,28+,29-,30+/m1/s1. The second-order valence-electron chi connectivity index (χ2n) is 9.03. The average molecular weight is 515 g/mol. The van der Waals surface area contributed by atoms with Crippen molar-refractivity contribution in [3.63, 3.8) is 0 Å². The predicted molar refractivity (Wildman–Crippen MR) is 146 cm³/mol. The van der Waals surface area contributed by atoms with E-state index in [4.69, 9.17) is 14.2 Å². The Bertz CT molecular complexity index is 1140. The Morgan fingerprint density at radius 1 is 0.649 bits per heavy atom. The summed E-state index contributed by atoms with van der Waals surface area (Å²) in [4.78, 5) is 0. The van der Waals surface area contributed by atoms with Crippen molar-refractivity contribution >= 4 is 12.6 Å². The molecule has 5 rings (SSSR count). The van der Waals surface area contributed by atoms with Gasteiger partial charge in [0.15, 0.2) is 6.10 Å². The number of rotatable bonds is 8. The van der Waals surface area contributed by atoms with Gasteiger partial charge in [-0.05, 0) is 28.8 Å². The van der Waals surface area contributed by atoms with Crippen molar-refractivity contribution in [2.75, 3.05) is 6.61 Å². The molecule has 5 nitrogen and oxygen atoms in total. The summed E-state index contributed by atoms with van der Waals surface area (Å²) in [6.07, 6.45) is -4.13. The quantitative estimate of drug-likeness (QED) is 0.232. The maximum Gasteiger partial charge on any atom is 0.162 e.